The first-order valence-corrected chi connectivity index (χ1v) is 5.83. The van der Waals surface area contributed by atoms with Crippen LogP contribution in [0.15, 0.2) is 0 Å². The van der Waals surface area contributed by atoms with Crippen molar-refractivity contribution in [1.29, 1.82) is 0 Å². The van der Waals surface area contributed by atoms with Gasteiger partial charge in [0.15, 0.2) is 0 Å². The second-order valence-electron chi connectivity index (χ2n) is 1.89. The molecule has 1 atom stereocenters. The topological polar surface area (TPSA) is 37.3 Å². The van der Waals surface area contributed by atoms with E-state index < -0.39 is 5.97 Å². The van der Waals surface area contributed by atoms with E-state index in [0.717, 1.165) is 6.42 Å². The normalized spacial score (nSPS) is 13.0. The minimum atomic E-state index is -0.677. The highest BCUT2D eigenvalue weighted by Crippen LogP contribution is 2.21. The molecule has 0 aliphatic carbocycles. The van der Waals surface area contributed by atoms with E-state index in [2.05, 4.69) is 0 Å². The lowest BCUT2D eigenvalue weighted by molar-refractivity contribution is -0.140. The van der Waals surface area contributed by atoms with E-state index in [4.69, 9.17) is 5.11 Å². The Kier molecular flexibility index (Phi) is 6.02. The predicted molar refractivity (Wildman–Crippen MR) is 47.4 cm³/mol. The van der Waals surface area contributed by atoms with Gasteiger partial charge in [0.1, 0.15) is 0 Å². The molecule has 0 rings (SSSR count). The first kappa shape index (κ1) is 10.2. The number of hydrogen-bond donors (Lipinski definition) is 1. The van der Waals surface area contributed by atoms with Gasteiger partial charge in [-0.2, -0.15) is 0 Å². The molecule has 4 heteroatoms. The van der Waals surface area contributed by atoms with E-state index in [1.165, 1.54) is 0 Å². The van der Waals surface area contributed by atoms with Gasteiger partial charge in [-0.25, -0.2) is 0 Å². The van der Waals surface area contributed by atoms with Gasteiger partial charge in [-0.05, 0) is 12.7 Å². The molecule has 0 aromatic carbocycles. The zero-order chi connectivity index (χ0) is 7.98. The maximum absolute atomic E-state index is 10.4. The SMILES string of the molecule is CCC(CSSC)C(=O)O. The maximum Gasteiger partial charge on any atom is 0.307 e. The highest BCUT2D eigenvalue weighted by molar-refractivity contribution is 8.76. The van der Waals surface area contributed by atoms with Crippen molar-refractivity contribution in [2.75, 3.05) is 12.0 Å². The number of hydrogen-bond acceptors (Lipinski definition) is 3. The molecular formula is C6H12O2S2. The molecule has 0 amide bonds. The molecule has 0 radical (unpaired) electrons. The van der Waals surface area contributed by atoms with Gasteiger partial charge in [0, 0.05) is 5.75 Å². The van der Waals surface area contributed by atoms with Gasteiger partial charge in [-0.3, -0.25) is 4.79 Å². The largest absolute Gasteiger partial charge is 0.481 e. The van der Waals surface area contributed by atoms with Crippen molar-refractivity contribution in [1.82, 2.24) is 0 Å². The molecule has 0 fully saturated rings. The summed E-state index contributed by atoms with van der Waals surface area (Å²) in [5.74, 6) is -0.131. The third-order valence-corrected chi connectivity index (χ3v) is 3.12. The smallest absolute Gasteiger partial charge is 0.307 e. The van der Waals surface area contributed by atoms with Crippen LogP contribution in [0.1, 0.15) is 13.3 Å². The lowest BCUT2D eigenvalue weighted by Crippen LogP contribution is -2.14. The summed E-state index contributed by atoms with van der Waals surface area (Å²) in [5, 5.41) is 8.58. The number of rotatable bonds is 5. The Morgan fingerprint density at radius 3 is 2.60 bits per heavy atom. The fourth-order valence-corrected chi connectivity index (χ4v) is 2.09. The third-order valence-electron chi connectivity index (χ3n) is 1.23. The summed E-state index contributed by atoms with van der Waals surface area (Å²) in [6, 6.07) is 0. The Hall–Kier alpha value is 0.170. The Morgan fingerprint density at radius 2 is 2.30 bits per heavy atom. The zero-order valence-corrected chi connectivity index (χ0v) is 7.80. The van der Waals surface area contributed by atoms with Gasteiger partial charge in [0.05, 0.1) is 5.92 Å². The standard InChI is InChI=1S/C6H12O2S2/c1-3-5(6(7)8)4-10-9-2/h5H,3-4H2,1-2H3,(H,7,8). The Morgan fingerprint density at radius 1 is 1.70 bits per heavy atom. The van der Waals surface area contributed by atoms with Crippen LogP contribution in [0.25, 0.3) is 0 Å². The van der Waals surface area contributed by atoms with Crippen LogP contribution in [0.4, 0.5) is 0 Å². The number of carboxylic acids is 1. The van der Waals surface area contributed by atoms with Gasteiger partial charge in [-0.1, -0.05) is 28.5 Å². The van der Waals surface area contributed by atoms with Crippen LogP contribution < -0.4 is 0 Å². The number of aliphatic carboxylic acids is 1. The van der Waals surface area contributed by atoms with Crippen LogP contribution in [0, 0.1) is 5.92 Å². The van der Waals surface area contributed by atoms with Crippen molar-refractivity contribution < 1.29 is 9.90 Å². The molecule has 0 saturated carbocycles. The van der Waals surface area contributed by atoms with Crippen LogP contribution in [-0.2, 0) is 4.79 Å². The fourth-order valence-electron chi connectivity index (χ4n) is 0.514. The summed E-state index contributed by atoms with van der Waals surface area (Å²) in [6.45, 7) is 1.90. The van der Waals surface area contributed by atoms with E-state index in [1.807, 2.05) is 13.2 Å². The summed E-state index contributed by atoms with van der Waals surface area (Å²) in [4.78, 5) is 10.4. The average molecular weight is 180 g/mol. The van der Waals surface area contributed by atoms with Crippen LogP contribution in [-0.4, -0.2) is 23.1 Å². The summed E-state index contributed by atoms with van der Waals surface area (Å²) < 4.78 is 0. The Labute approximate surface area is 69.2 Å². The lowest BCUT2D eigenvalue weighted by Gasteiger charge is -2.06. The highest BCUT2D eigenvalue weighted by Gasteiger charge is 2.13. The fraction of sp³-hybridized carbons (Fsp3) is 0.833. The van der Waals surface area contributed by atoms with Gasteiger partial charge < -0.3 is 5.11 Å². The van der Waals surface area contributed by atoms with Crippen LogP contribution >= 0.6 is 21.6 Å². The average Bonchev–Trinajstić information content (AvgIpc) is 1.89. The summed E-state index contributed by atoms with van der Waals surface area (Å²) in [6.07, 6.45) is 2.68. The molecule has 60 valence electrons. The van der Waals surface area contributed by atoms with Crippen molar-refractivity contribution >= 4 is 27.6 Å². The van der Waals surface area contributed by atoms with Gasteiger partial charge in [0.2, 0.25) is 0 Å². The summed E-state index contributed by atoms with van der Waals surface area (Å²) >= 11 is 0. The monoisotopic (exact) mass is 180 g/mol. The molecule has 1 N–H and O–H groups in total. The molecule has 0 saturated heterocycles. The molecular weight excluding hydrogens is 168 g/mol. The van der Waals surface area contributed by atoms with E-state index in [1.54, 1.807) is 21.6 Å². The van der Waals surface area contributed by atoms with Crippen molar-refractivity contribution in [3.05, 3.63) is 0 Å². The van der Waals surface area contributed by atoms with Crippen molar-refractivity contribution in [2.45, 2.75) is 13.3 Å². The molecule has 0 heterocycles. The van der Waals surface area contributed by atoms with Gasteiger partial charge >= 0.3 is 5.97 Å². The minimum Gasteiger partial charge on any atom is -0.481 e. The quantitative estimate of drug-likeness (QED) is 0.657. The van der Waals surface area contributed by atoms with Crippen molar-refractivity contribution in [3.63, 3.8) is 0 Å². The lowest BCUT2D eigenvalue weighted by atomic mass is 10.1. The van der Waals surface area contributed by atoms with E-state index in [9.17, 15) is 4.79 Å². The predicted octanol–water partition coefficient (Wildman–Crippen LogP) is 2.11. The van der Waals surface area contributed by atoms with E-state index in [0.29, 0.717) is 5.75 Å². The Balaban J connectivity index is 3.50. The first-order chi connectivity index (χ1) is 4.72. The molecule has 0 aromatic heterocycles. The first-order valence-electron chi connectivity index (χ1n) is 3.10. The molecule has 0 aliphatic heterocycles. The van der Waals surface area contributed by atoms with Gasteiger partial charge in [0.25, 0.3) is 0 Å². The van der Waals surface area contributed by atoms with Crippen molar-refractivity contribution in [2.24, 2.45) is 5.92 Å². The molecule has 0 bridgehead atoms. The number of carbonyl (C=O) groups is 1. The second kappa shape index (κ2) is 5.92. The minimum absolute atomic E-state index is 0.169. The third kappa shape index (κ3) is 4.06. The van der Waals surface area contributed by atoms with Gasteiger partial charge in [-0.15, -0.1) is 0 Å². The molecule has 1 unspecified atom stereocenters. The van der Waals surface area contributed by atoms with E-state index >= 15 is 0 Å². The summed E-state index contributed by atoms with van der Waals surface area (Å²) in [7, 11) is 3.22. The molecule has 0 aliphatic rings. The van der Waals surface area contributed by atoms with Crippen molar-refractivity contribution in [3.8, 4) is 0 Å². The maximum atomic E-state index is 10.4. The van der Waals surface area contributed by atoms with Crippen LogP contribution in [0.2, 0.25) is 0 Å². The molecule has 10 heavy (non-hydrogen) atoms. The Bertz CT molecular complexity index is 106. The second-order valence-corrected chi connectivity index (χ2v) is 4.50. The van der Waals surface area contributed by atoms with Crippen LogP contribution in [0.5, 0.6) is 0 Å². The van der Waals surface area contributed by atoms with Crippen LogP contribution in [0.3, 0.4) is 0 Å². The zero-order valence-electron chi connectivity index (χ0n) is 6.16. The molecule has 0 aromatic rings. The van der Waals surface area contributed by atoms with E-state index in [-0.39, 0.29) is 5.92 Å². The molecule has 0 spiro atoms. The molecule has 2 nitrogen and oxygen atoms in total. The summed E-state index contributed by atoms with van der Waals surface area (Å²) in [5.41, 5.74) is 0. The number of carboxylic acid groups (broad SMARTS) is 1. The highest BCUT2D eigenvalue weighted by atomic mass is 33.1.